The molecule has 0 atom stereocenters. The molecule has 1 N–H and O–H groups in total. The van der Waals surface area contributed by atoms with Crippen molar-refractivity contribution in [2.45, 2.75) is 32.0 Å². The van der Waals surface area contributed by atoms with E-state index in [0.717, 1.165) is 24.0 Å². The van der Waals surface area contributed by atoms with Crippen LogP contribution in [0.5, 0.6) is 0 Å². The molecular formula is C16H16N4O2. The smallest absolute Gasteiger partial charge is 0.264 e. The lowest BCUT2D eigenvalue weighted by Crippen LogP contribution is -2.21. The summed E-state index contributed by atoms with van der Waals surface area (Å²) in [6, 6.07) is 7.95. The van der Waals surface area contributed by atoms with Crippen molar-refractivity contribution in [3.05, 3.63) is 58.3 Å². The second-order valence-electron chi connectivity index (χ2n) is 5.71. The van der Waals surface area contributed by atoms with Crippen molar-refractivity contribution < 1.29 is 5.11 Å². The van der Waals surface area contributed by atoms with E-state index in [4.69, 9.17) is 5.11 Å². The predicted molar refractivity (Wildman–Crippen MR) is 81.5 cm³/mol. The van der Waals surface area contributed by atoms with E-state index in [1.54, 1.807) is 17.1 Å². The highest BCUT2D eigenvalue weighted by molar-refractivity contribution is 5.73. The zero-order valence-corrected chi connectivity index (χ0v) is 12.0. The summed E-state index contributed by atoms with van der Waals surface area (Å²) in [6.45, 7) is 0.482. The standard InChI is InChI=1S/C16H16N4O2/c21-9-12-3-1-11(2-4-12)8-19-10-17-15-14(16(19)22)7-18-20(15)13-5-6-13/h1-4,7,10,13,21H,5-6,8-9H2. The molecule has 1 saturated carbocycles. The van der Waals surface area contributed by atoms with E-state index >= 15 is 0 Å². The Morgan fingerprint density at radius 2 is 1.91 bits per heavy atom. The van der Waals surface area contributed by atoms with Gasteiger partial charge in [-0.25, -0.2) is 9.67 Å². The molecule has 22 heavy (non-hydrogen) atoms. The van der Waals surface area contributed by atoms with Gasteiger partial charge in [-0.2, -0.15) is 5.10 Å². The quantitative estimate of drug-likeness (QED) is 0.791. The molecule has 0 radical (unpaired) electrons. The van der Waals surface area contributed by atoms with Crippen LogP contribution in [0.2, 0.25) is 0 Å². The Balaban J connectivity index is 1.69. The van der Waals surface area contributed by atoms with Gasteiger partial charge in [0, 0.05) is 0 Å². The maximum atomic E-state index is 12.5. The molecule has 1 aromatic carbocycles. The first-order valence-corrected chi connectivity index (χ1v) is 7.37. The van der Waals surface area contributed by atoms with Gasteiger partial charge in [0.05, 0.1) is 25.4 Å². The number of hydrogen-bond donors (Lipinski definition) is 1. The van der Waals surface area contributed by atoms with Crippen molar-refractivity contribution in [1.82, 2.24) is 19.3 Å². The Morgan fingerprint density at radius 3 is 2.59 bits per heavy atom. The zero-order valence-electron chi connectivity index (χ0n) is 12.0. The molecule has 112 valence electrons. The minimum atomic E-state index is -0.0665. The summed E-state index contributed by atoms with van der Waals surface area (Å²) in [7, 11) is 0. The molecule has 6 heteroatoms. The number of fused-ring (bicyclic) bond motifs is 1. The van der Waals surface area contributed by atoms with Gasteiger partial charge in [0.2, 0.25) is 0 Å². The molecular weight excluding hydrogens is 280 g/mol. The summed E-state index contributed by atoms with van der Waals surface area (Å²) in [5.74, 6) is 0. The van der Waals surface area contributed by atoms with Crippen molar-refractivity contribution in [2.24, 2.45) is 0 Å². The summed E-state index contributed by atoms with van der Waals surface area (Å²) >= 11 is 0. The van der Waals surface area contributed by atoms with Crippen LogP contribution in [0.25, 0.3) is 11.0 Å². The zero-order chi connectivity index (χ0) is 15.1. The first-order chi connectivity index (χ1) is 10.8. The fourth-order valence-electron chi connectivity index (χ4n) is 2.61. The third-order valence-electron chi connectivity index (χ3n) is 4.03. The highest BCUT2D eigenvalue weighted by atomic mass is 16.3. The molecule has 0 bridgehead atoms. The predicted octanol–water partition coefficient (Wildman–Crippen LogP) is 1.47. The van der Waals surface area contributed by atoms with Crippen LogP contribution in [-0.2, 0) is 13.2 Å². The van der Waals surface area contributed by atoms with Crippen LogP contribution >= 0.6 is 0 Å². The third kappa shape index (κ3) is 2.21. The van der Waals surface area contributed by atoms with Gasteiger partial charge in [-0.3, -0.25) is 9.36 Å². The van der Waals surface area contributed by atoms with E-state index < -0.39 is 0 Å². The first-order valence-electron chi connectivity index (χ1n) is 7.37. The van der Waals surface area contributed by atoms with E-state index in [2.05, 4.69) is 10.1 Å². The summed E-state index contributed by atoms with van der Waals surface area (Å²) in [6.07, 6.45) is 5.43. The monoisotopic (exact) mass is 296 g/mol. The van der Waals surface area contributed by atoms with E-state index in [0.29, 0.717) is 23.6 Å². The maximum absolute atomic E-state index is 12.5. The van der Waals surface area contributed by atoms with Crippen LogP contribution in [0, 0.1) is 0 Å². The van der Waals surface area contributed by atoms with Crippen LogP contribution in [0.3, 0.4) is 0 Å². The van der Waals surface area contributed by atoms with Crippen LogP contribution < -0.4 is 5.56 Å². The second kappa shape index (κ2) is 5.06. The van der Waals surface area contributed by atoms with E-state index in [1.165, 1.54) is 0 Å². The van der Waals surface area contributed by atoms with Crippen molar-refractivity contribution in [3.8, 4) is 0 Å². The van der Waals surface area contributed by atoms with Gasteiger partial charge in [0.15, 0.2) is 5.65 Å². The highest BCUT2D eigenvalue weighted by Crippen LogP contribution is 2.35. The van der Waals surface area contributed by atoms with Gasteiger partial charge in [-0.15, -0.1) is 0 Å². The summed E-state index contributed by atoms with van der Waals surface area (Å²) in [4.78, 5) is 17.0. The number of benzene rings is 1. The average Bonchev–Trinajstić information content (AvgIpc) is 3.30. The average molecular weight is 296 g/mol. The molecule has 2 heterocycles. The number of aliphatic hydroxyl groups excluding tert-OH is 1. The second-order valence-corrected chi connectivity index (χ2v) is 5.71. The number of aliphatic hydroxyl groups is 1. The molecule has 2 aromatic heterocycles. The summed E-state index contributed by atoms with van der Waals surface area (Å²) < 4.78 is 3.45. The molecule has 4 rings (SSSR count). The summed E-state index contributed by atoms with van der Waals surface area (Å²) in [5, 5.41) is 13.9. The normalized spacial score (nSPS) is 14.6. The van der Waals surface area contributed by atoms with Crippen molar-refractivity contribution in [3.63, 3.8) is 0 Å². The molecule has 1 fully saturated rings. The van der Waals surface area contributed by atoms with E-state index in [-0.39, 0.29) is 12.2 Å². The molecule has 1 aliphatic carbocycles. The molecule has 0 aliphatic heterocycles. The lowest BCUT2D eigenvalue weighted by molar-refractivity contribution is 0.282. The first kappa shape index (κ1) is 13.2. The molecule has 3 aromatic rings. The number of hydrogen-bond acceptors (Lipinski definition) is 4. The van der Waals surface area contributed by atoms with Crippen molar-refractivity contribution in [1.29, 1.82) is 0 Å². The van der Waals surface area contributed by atoms with Crippen LogP contribution in [-0.4, -0.2) is 24.4 Å². The molecule has 0 saturated heterocycles. The minimum absolute atomic E-state index is 0.0219. The van der Waals surface area contributed by atoms with E-state index in [9.17, 15) is 4.79 Å². The van der Waals surface area contributed by atoms with E-state index in [1.807, 2.05) is 28.9 Å². The van der Waals surface area contributed by atoms with Crippen LogP contribution in [0.15, 0.2) is 41.6 Å². The van der Waals surface area contributed by atoms with Crippen molar-refractivity contribution >= 4 is 11.0 Å². The Morgan fingerprint density at radius 1 is 1.18 bits per heavy atom. The van der Waals surface area contributed by atoms with Gasteiger partial charge in [0.25, 0.3) is 5.56 Å². The van der Waals surface area contributed by atoms with Gasteiger partial charge in [-0.1, -0.05) is 24.3 Å². The van der Waals surface area contributed by atoms with Gasteiger partial charge in [0.1, 0.15) is 11.7 Å². The lowest BCUT2D eigenvalue weighted by Gasteiger charge is -2.06. The van der Waals surface area contributed by atoms with Crippen molar-refractivity contribution in [2.75, 3.05) is 0 Å². The largest absolute Gasteiger partial charge is 0.392 e. The molecule has 0 unspecified atom stereocenters. The number of rotatable bonds is 4. The fourth-order valence-corrected chi connectivity index (χ4v) is 2.61. The summed E-state index contributed by atoms with van der Waals surface area (Å²) in [5.41, 5.74) is 2.47. The third-order valence-corrected chi connectivity index (χ3v) is 4.03. The molecule has 0 amide bonds. The van der Waals surface area contributed by atoms with Crippen LogP contribution in [0.1, 0.15) is 30.0 Å². The lowest BCUT2D eigenvalue weighted by atomic mass is 10.1. The van der Waals surface area contributed by atoms with Gasteiger partial charge < -0.3 is 5.11 Å². The molecule has 6 nitrogen and oxygen atoms in total. The SMILES string of the molecule is O=c1c2cnn(C3CC3)c2ncn1Cc1ccc(CO)cc1. The Kier molecular flexibility index (Phi) is 3.04. The minimum Gasteiger partial charge on any atom is -0.392 e. The molecule has 1 aliphatic rings. The maximum Gasteiger partial charge on any atom is 0.264 e. The Bertz CT molecular complexity index is 875. The van der Waals surface area contributed by atoms with Gasteiger partial charge in [-0.05, 0) is 24.0 Å². The highest BCUT2D eigenvalue weighted by Gasteiger charge is 2.27. The Hall–Kier alpha value is -2.47. The van der Waals surface area contributed by atoms with Crippen LogP contribution in [0.4, 0.5) is 0 Å². The fraction of sp³-hybridized carbons (Fsp3) is 0.312. The number of aromatic nitrogens is 4. The number of nitrogens with zero attached hydrogens (tertiary/aromatic N) is 4. The Labute approximate surface area is 126 Å². The topological polar surface area (TPSA) is 72.9 Å². The molecule has 0 spiro atoms. The van der Waals surface area contributed by atoms with Gasteiger partial charge >= 0.3 is 0 Å².